The van der Waals surface area contributed by atoms with Gasteiger partial charge in [-0.25, -0.2) is 9.37 Å². The van der Waals surface area contributed by atoms with Crippen LogP contribution in [0.5, 0.6) is 0 Å². The third-order valence-electron chi connectivity index (χ3n) is 2.50. The van der Waals surface area contributed by atoms with E-state index in [0.29, 0.717) is 23.4 Å². The third kappa shape index (κ3) is 2.42. The van der Waals surface area contributed by atoms with Crippen molar-refractivity contribution >= 4 is 5.69 Å². The number of nitrogens with one attached hydrogen (secondary N) is 2. The Morgan fingerprint density at radius 1 is 1.53 bits per heavy atom. The van der Waals surface area contributed by atoms with Crippen LogP contribution in [0.4, 0.5) is 10.1 Å². The van der Waals surface area contributed by atoms with E-state index in [1.165, 1.54) is 6.07 Å². The Morgan fingerprint density at radius 2 is 2.35 bits per heavy atom. The molecule has 1 aromatic heterocycles. The molecule has 0 amide bonds. The number of halogens is 1. The second kappa shape index (κ2) is 4.66. The van der Waals surface area contributed by atoms with Gasteiger partial charge in [-0.05, 0) is 19.1 Å². The highest BCUT2D eigenvalue weighted by molar-refractivity contribution is 5.55. The number of imidazole rings is 1. The van der Waals surface area contributed by atoms with Gasteiger partial charge < -0.3 is 10.3 Å². The van der Waals surface area contributed by atoms with Gasteiger partial charge in [-0.2, -0.15) is 5.26 Å². The highest BCUT2D eigenvalue weighted by atomic mass is 19.1. The number of aromatic amines is 1. The average molecular weight is 230 g/mol. The van der Waals surface area contributed by atoms with E-state index in [1.807, 2.05) is 6.07 Å². The molecular formula is C12H11FN4. The molecular weight excluding hydrogens is 219 g/mol. The summed E-state index contributed by atoms with van der Waals surface area (Å²) in [5.74, 6) is -0.379. The van der Waals surface area contributed by atoms with Crippen molar-refractivity contribution in [1.82, 2.24) is 9.97 Å². The monoisotopic (exact) mass is 230 g/mol. The quantitative estimate of drug-likeness (QED) is 0.850. The van der Waals surface area contributed by atoms with Gasteiger partial charge in [-0.1, -0.05) is 0 Å². The van der Waals surface area contributed by atoms with Gasteiger partial charge in [0.05, 0.1) is 30.2 Å². The van der Waals surface area contributed by atoms with E-state index in [-0.39, 0.29) is 5.82 Å². The van der Waals surface area contributed by atoms with Crippen molar-refractivity contribution in [3.8, 4) is 6.07 Å². The zero-order valence-corrected chi connectivity index (χ0v) is 9.29. The Bertz CT molecular complexity index is 555. The molecule has 1 aromatic carbocycles. The molecule has 0 radical (unpaired) electrons. The van der Waals surface area contributed by atoms with Crippen molar-refractivity contribution in [1.29, 1.82) is 5.26 Å². The lowest BCUT2D eigenvalue weighted by Crippen LogP contribution is -2.03. The Hall–Kier alpha value is -2.35. The molecule has 2 N–H and O–H groups in total. The van der Waals surface area contributed by atoms with E-state index in [1.54, 1.807) is 25.5 Å². The summed E-state index contributed by atoms with van der Waals surface area (Å²) < 4.78 is 13.5. The molecule has 0 spiro atoms. The largest absolute Gasteiger partial charge is 0.379 e. The number of aromatic nitrogens is 2. The normalized spacial score (nSPS) is 9.94. The van der Waals surface area contributed by atoms with E-state index >= 15 is 0 Å². The summed E-state index contributed by atoms with van der Waals surface area (Å²) in [7, 11) is 0. The lowest BCUT2D eigenvalue weighted by molar-refractivity contribution is 0.618. The summed E-state index contributed by atoms with van der Waals surface area (Å²) in [5.41, 5.74) is 2.33. The molecule has 4 nitrogen and oxygen atoms in total. The summed E-state index contributed by atoms with van der Waals surface area (Å²) in [6.45, 7) is 2.18. The average Bonchev–Trinajstić information content (AvgIpc) is 2.84. The molecule has 0 saturated carbocycles. The molecule has 0 aliphatic rings. The molecule has 5 heteroatoms. The first kappa shape index (κ1) is 11.1. The van der Waals surface area contributed by atoms with Gasteiger partial charge in [0, 0.05) is 17.4 Å². The summed E-state index contributed by atoms with van der Waals surface area (Å²) in [6.07, 6.45) is 3.27. The van der Waals surface area contributed by atoms with E-state index in [4.69, 9.17) is 5.26 Å². The SMILES string of the molecule is Cc1c(F)cc(C#N)cc1NCc1cnc[nH]1. The van der Waals surface area contributed by atoms with Crippen molar-refractivity contribution < 1.29 is 4.39 Å². The molecule has 2 rings (SSSR count). The fraction of sp³-hybridized carbons (Fsp3) is 0.167. The van der Waals surface area contributed by atoms with E-state index < -0.39 is 0 Å². The van der Waals surface area contributed by atoms with Crippen LogP contribution in [0.2, 0.25) is 0 Å². The van der Waals surface area contributed by atoms with Crippen LogP contribution >= 0.6 is 0 Å². The van der Waals surface area contributed by atoms with Gasteiger partial charge in [0.2, 0.25) is 0 Å². The predicted octanol–water partition coefficient (Wildman–Crippen LogP) is 2.34. The molecule has 0 aliphatic heterocycles. The predicted molar refractivity (Wildman–Crippen MR) is 61.8 cm³/mol. The fourth-order valence-corrected chi connectivity index (χ4v) is 1.50. The number of benzene rings is 1. The zero-order chi connectivity index (χ0) is 12.3. The summed E-state index contributed by atoms with van der Waals surface area (Å²) in [6, 6.07) is 4.79. The van der Waals surface area contributed by atoms with Crippen molar-refractivity contribution in [2.75, 3.05) is 5.32 Å². The maximum Gasteiger partial charge on any atom is 0.129 e. The van der Waals surface area contributed by atoms with Crippen LogP contribution in [0.25, 0.3) is 0 Å². The second-order valence-electron chi connectivity index (χ2n) is 3.67. The molecule has 0 aliphatic carbocycles. The maximum atomic E-state index is 13.5. The molecule has 0 fully saturated rings. The number of rotatable bonds is 3. The zero-order valence-electron chi connectivity index (χ0n) is 9.29. The number of nitrogens with zero attached hydrogens (tertiary/aromatic N) is 2. The lowest BCUT2D eigenvalue weighted by Gasteiger charge is -2.09. The molecule has 17 heavy (non-hydrogen) atoms. The van der Waals surface area contributed by atoms with Gasteiger partial charge >= 0.3 is 0 Å². The van der Waals surface area contributed by atoms with Crippen molar-refractivity contribution in [2.45, 2.75) is 13.5 Å². The lowest BCUT2D eigenvalue weighted by atomic mass is 10.1. The number of hydrogen-bond acceptors (Lipinski definition) is 3. The fourth-order valence-electron chi connectivity index (χ4n) is 1.50. The second-order valence-corrected chi connectivity index (χ2v) is 3.67. The van der Waals surface area contributed by atoms with Crippen LogP contribution in [0.1, 0.15) is 16.8 Å². The first-order chi connectivity index (χ1) is 8.20. The van der Waals surface area contributed by atoms with E-state index in [9.17, 15) is 4.39 Å². The smallest absolute Gasteiger partial charge is 0.129 e. The van der Waals surface area contributed by atoms with Gasteiger partial charge in [-0.15, -0.1) is 0 Å². The number of hydrogen-bond donors (Lipinski definition) is 2. The summed E-state index contributed by atoms with van der Waals surface area (Å²) in [5, 5.41) is 11.8. The van der Waals surface area contributed by atoms with Crippen LogP contribution in [-0.2, 0) is 6.54 Å². The molecule has 0 atom stereocenters. The van der Waals surface area contributed by atoms with Crippen LogP contribution in [0.15, 0.2) is 24.7 Å². The molecule has 86 valence electrons. The molecule has 1 heterocycles. The number of nitriles is 1. The van der Waals surface area contributed by atoms with E-state index in [2.05, 4.69) is 15.3 Å². The maximum absolute atomic E-state index is 13.5. The highest BCUT2D eigenvalue weighted by Gasteiger charge is 2.07. The van der Waals surface area contributed by atoms with Crippen molar-refractivity contribution in [3.05, 3.63) is 47.3 Å². The van der Waals surface area contributed by atoms with Crippen molar-refractivity contribution in [3.63, 3.8) is 0 Å². The molecule has 0 bridgehead atoms. The summed E-state index contributed by atoms with van der Waals surface area (Å²) >= 11 is 0. The van der Waals surface area contributed by atoms with Crippen LogP contribution in [0.3, 0.4) is 0 Å². The number of H-pyrrole nitrogens is 1. The highest BCUT2D eigenvalue weighted by Crippen LogP contribution is 2.20. The van der Waals surface area contributed by atoms with Gasteiger partial charge in [0.25, 0.3) is 0 Å². The minimum atomic E-state index is -0.379. The summed E-state index contributed by atoms with van der Waals surface area (Å²) in [4.78, 5) is 6.82. The number of anilines is 1. The van der Waals surface area contributed by atoms with Crippen LogP contribution < -0.4 is 5.32 Å². The van der Waals surface area contributed by atoms with Gasteiger partial charge in [0.15, 0.2) is 0 Å². The Morgan fingerprint density at radius 3 is 3.00 bits per heavy atom. The first-order valence-corrected chi connectivity index (χ1v) is 5.12. The Kier molecular flexibility index (Phi) is 3.06. The Labute approximate surface area is 98.1 Å². The third-order valence-corrected chi connectivity index (χ3v) is 2.50. The standard InChI is InChI=1S/C12H11FN4/c1-8-11(13)2-9(4-14)3-12(8)16-6-10-5-15-7-17-10/h2-3,5,7,16H,6H2,1H3,(H,15,17). The Balaban J connectivity index is 2.20. The molecule has 0 saturated heterocycles. The van der Waals surface area contributed by atoms with Crippen molar-refractivity contribution in [2.24, 2.45) is 0 Å². The first-order valence-electron chi connectivity index (χ1n) is 5.12. The molecule has 2 aromatic rings. The van der Waals surface area contributed by atoms with Gasteiger partial charge in [-0.3, -0.25) is 0 Å². The minimum absolute atomic E-state index is 0.306. The van der Waals surface area contributed by atoms with E-state index in [0.717, 1.165) is 5.69 Å². The minimum Gasteiger partial charge on any atom is -0.379 e. The molecule has 0 unspecified atom stereocenters. The van der Waals surface area contributed by atoms with Crippen LogP contribution in [-0.4, -0.2) is 9.97 Å². The topological polar surface area (TPSA) is 64.5 Å². The van der Waals surface area contributed by atoms with Gasteiger partial charge in [0.1, 0.15) is 5.82 Å². The van der Waals surface area contributed by atoms with Crippen LogP contribution in [0, 0.1) is 24.1 Å².